The van der Waals surface area contributed by atoms with E-state index in [0.717, 1.165) is 32.5 Å². The van der Waals surface area contributed by atoms with E-state index in [1.807, 2.05) is 12.3 Å². The molecular formula is C16H15Br2ClN2. The molecule has 2 nitrogen and oxygen atoms in total. The number of hydrogen-bond acceptors (Lipinski definition) is 2. The lowest BCUT2D eigenvalue weighted by Crippen LogP contribution is -2.23. The number of fused-ring (bicyclic) bond motifs is 2. The highest BCUT2D eigenvalue weighted by Gasteiger charge is 2.29. The van der Waals surface area contributed by atoms with Crippen LogP contribution in [0.3, 0.4) is 0 Å². The van der Waals surface area contributed by atoms with Gasteiger partial charge in [0.05, 0.1) is 11.7 Å². The molecule has 0 N–H and O–H groups in total. The van der Waals surface area contributed by atoms with Crippen molar-refractivity contribution in [3.8, 4) is 0 Å². The summed E-state index contributed by atoms with van der Waals surface area (Å²) in [5.41, 5.74) is 4.99. The maximum absolute atomic E-state index is 6.23. The third-order valence-corrected chi connectivity index (χ3v) is 5.17. The van der Waals surface area contributed by atoms with E-state index in [4.69, 9.17) is 16.6 Å². The van der Waals surface area contributed by atoms with E-state index in [2.05, 4.69) is 63.0 Å². The summed E-state index contributed by atoms with van der Waals surface area (Å²) in [5.74, 6) is 0. The lowest BCUT2D eigenvalue weighted by Gasteiger charge is -2.27. The molecule has 3 rings (SSSR count). The second-order valence-corrected chi connectivity index (χ2v) is 7.73. The van der Waals surface area contributed by atoms with Crippen molar-refractivity contribution in [2.24, 2.45) is 0 Å². The topological polar surface area (TPSA) is 16.1 Å². The van der Waals surface area contributed by atoms with Gasteiger partial charge in [0.2, 0.25) is 0 Å². The summed E-state index contributed by atoms with van der Waals surface area (Å²) in [4.78, 5) is 6.91. The summed E-state index contributed by atoms with van der Waals surface area (Å²) in [5, 5.41) is 0.776. The minimum absolute atomic E-state index is 0.136. The van der Waals surface area contributed by atoms with Crippen molar-refractivity contribution >= 4 is 43.5 Å². The third-order valence-electron chi connectivity index (χ3n) is 3.86. The zero-order valence-corrected chi connectivity index (χ0v) is 15.8. The molecule has 1 aliphatic carbocycles. The van der Waals surface area contributed by atoms with Crippen LogP contribution in [0.25, 0.3) is 0 Å². The highest BCUT2D eigenvalue weighted by Crippen LogP contribution is 2.40. The van der Waals surface area contributed by atoms with Crippen molar-refractivity contribution in [1.29, 1.82) is 0 Å². The van der Waals surface area contributed by atoms with Crippen LogP contribution in [0.15, 0.2) is 33.3 Å². The molecule has 0 amide bonds. The maximum atomic E-state index is 6.23. The largest absolute Gasteiger partial charge is 0.297 e. The molecule has 0 saturated carbocycles. The van der Waals surface area contributed by atoms with Gasteiger partial charge in [0.25, 0.3) is 0 Å². The normalized spacial score (nSPS) is 17.3. The van der Waals surface area contributed by atoms with E-state index in [1.54, 1.807) is 0 Å². The van der Waals surface area contributed by atoms with Crippen molar-refractivity contribution in [3.05, 3.63) is 60.7 Å². The van der Waals surface area contributed by atoms with E-state index in [0.29, 0.717) is 0 Å². The van der Waals surface area contributed by atoms with Gasteiger partial charge in [-0.3, -0.25) is 9.88 Å². The van der Waals surface area contributed by atoms with Crippen molar-refractivity contribution < 1.29 is 0 Å². The van der Waals surface area contributed by atoms with Crippen LogP contribution < -0.4 is 0 Å². The Morgan fingerprint density at radius 3 is 2.57 bits per heavy atom. The third kappa shape index (κ3) is 2.91. The van der Waals surface area contributed by atoms with Gasteiger partial charge in [-0.25, -0.2) is 0 Å². The molecule has 1 aromatic carbocycles. The van der Waals surface area contributed by atoms with Gasteiger partial charge in [-0.2, -0.15) is 0 Å². The quantitative estimate of drug-likeness (QED) is 0.632. The Balaban J connectivity index is 2.26. The predicted molar refractivity (Wildman–Crippen MR) is 94.0 cm³/mol. The highest BCUT2D eigenvalue weighted by atomic mass is 79.9. The Morgan fingerprint density at radius 2 is 1.86 bits per heavy atom. The minimum Gasteiger partial charge on any atom is -0.297 e. The Labute approximate surface area is 146 Å². The van der Waals surface area contributed by atoms with E-state index < -0.39 is 0 Å². The van der Waals surface area contributed by atoms with Crippen LogP contribution in [-0.2, 0) is 12.8 Å². The molecular weight excluding hydrogens is 415 g/mol. The van der Waals surface area contributed by atoms with Gasteiger partial charge in [-0.15, -0.1) is 0 Å². The number of rotatable bonds is 1. The van der Waals surface area contributed by atoms with Crippen LogP contribution >= 0.6 is 43.5 Å². The van der Waals surface area contributed by atoms with Crippen molar-refractivity contribution in [3.63, 3.8) is 0 Å². The van der Waals surface area contributed by atoms with E-state index in [9.17, 15) is 0 Å². The predicted octanol–water partition coefficient (Wildman–Crippen LogP) is 5.01. The monoisotopic (exact) mass is 428 g/mol. The number of nitrogens with zero attached hydrogens (tertiary/aromatic N) is 2. The first-order valence-electron chi connectivity index (χ1n) is 6.76. The zero-order valence-electron chi connectivity index (χ0n) is 11.8. The van der Waals surface area contributed by atoms with Crippen LogP contribution in [0.4, 0.5) is 0 Å². The van der Waals surface area contributed by atoms with Crippen LogP contribution in [0.2, 0.25) is 5.02 Å². The molecule has 21 heavy (non-hydrogen) atoms. The van der Waals surface area contributed by atoms with Crippen molar-refractivity contribution in [2.45, 2.75) is 18.9 Å². The Kier molecular flexibility index (Phi) is 4.42. The fourth-order valence-corrected chi connectivity index (χ4v) is 4.47. The second kappa shape index (κ2) is 5.99. The molecule has 0 bridgehead atoms. The molecule has 0 saturated heterocycles. The highest BCUT2D eigenvalue weighted by molar-refractivity contribution is 9.10. The second-order valence-electron chi connectivity index (χ2n) is 5.52. The molecule has 0 fully saturated rings. The molecule has 0 spiro atoms. The summed E-state index contributed by atoms with van der Waals surface area (Å²) >= 11 is 13.5. The van der Waals surface area contributed by atoms with Gasteiger partial charge < -0.3 is 0 Å². The molecule has 1 aromatic heterocycles. The lowest BCUT2D eigenvalue weighted by atomic mass is 9.97. The van der Waals surface area contributed by atoms with Gasteiger partial charge in [-0.1, -0.05) is 27.5 Å². The fraction of sp³-hybridized carbons (Fsp3) is 0.312. The number of aromatic nitrogens is 1. The number of aryl methyl sites for hydroxylation is 2. The van der Waals surface area contributed by atoms with Crippen molar-refractivity contribution in [2.75, 3.05) is 14.1 Å². The summed E-state index contributed by atoms with van der Waals surface area (Å²) in [7, 11) is 4.18. The summed E-state index contributed by atoms with van der Waals surface area (Å²) < 4.78 is 2.09. The first kappa shape index (κ1) is 15.5. The van der Waals surface area contributed by atoms with Crippen LogP contribution in [0, 0.1) is 0 Å². The Bertz CT molecular complexity index is 701. The molecule has 1 atom stereocenters. The molecule has 2 aromatic rings. The summed E-state index contributed by atoms with van der Waals surface area (Å²) in [6, 6.07) is 6.37. The van der Waals surface area contributed by atoms with Gasteiger partial charge >= 0.3 is 0 Å². The number of pyridine rings is 1. The average molecular weight is 431 g/mol. The van der Waals surface area contributed by atoms with Crippen LogP contribution in [0.1, 0.15) is 28.4 Å². The molecule has 1 unspecified atom stereocenters. The molecule has 1 heterocycles. The number of benzene rings is 1. The lowest BCUT2D eigenvalue weighted by molar-refractivity contribution is 0.334. The standard InChI is InChI=1S/C16H15Br2ClN2/c1-21(2)16-14-9(6-12(19)7-13(14)18)3-4-10-5-11(17)8-20-15(10)16/h5-8,16H,3-4H2,1-2H3. The first-order valence-corrected chi connectivity index (χ1v) is 8.72. The summed E-state index contributed by atoms with van der Waals surface area (Å²) in [6.45, 7) is 0. The molecule has 110 valence electrons. The summed E-state index contributed by atoms with van der Waals surface area (Å²) in [6.07, 6.45) is 3.83. The Hall–Kier alpha value is -0.420. The number of halogens is 3. The van der Waals surface area contributed by atoms with Gasteiger partial charge in [0.1, 0.15) is 0 Å². The minimum atomic E-state index is 0.136. The first-order chi connectivity index (χ1) is 9.97. The Morgan fingerprint density at radius 1 is 1.14 bits per heavy atom. The van der Waals surface area contributed by atoms with Crippen LogP contribution in [0.5, 0.6) is 0 Å². The van der Waals surface area contributed by atoms with E-state index >= 15 is 0 Å². The number of hydrogen-bond donors (Lipinski definition) is 0. The SMILES string of the molecule is CN(C)C1c2ncc(Br)cc2CCc2cc(Cl)cc(Br)c21. The fourth-order valence-electron chi connectivity index (χ4n) is 3.00. The molecule has 1 aliphatic rings. The smallest absolute Gasteiger partial charge is 0.0787 e. The van der Waals surface area contributed by atoms with E-state index in [1.165, 1.54) is 16.7 Å². The van der Waals surface area contributed by atoms with Crippen molar-refractivity contribution in [1.82, 2.24) is 9.88 Å². The zero-order chi connectivity index (χ0) is 15.1. The maximum Gasteiger partial charge on any atom is 0.0787 e. The molecule has 5 heteroatoms. The van der Waals surface area contributed by atoms with E-state index in [-0.39, 0.29) is 6.04 Å². The van der Waals surface area contributed by atoms with Gasteiger partial charge in [0, 0.05) is 20.2 Å². The van der Waals surface area contributed by atoms with Gasteiger partial charge in [0.15, 0.2) is 0 Å². The van der Waals surface area contributed by atoms with Crippen LogP contribution in [-0.4, -0.2) is 24.0 Å². The average Bonchev–Trinajstić information content (AvgIpc) is 2.55. The van der Waals surface area contributed by atoms with Gasteiger partial charge in [-0.05, 0) is 77.8 Å². The molecule has 0 radical (unpaired) electrons. The molecule has 0 aliphatic heterocycles.